The van der Waals surface area contributed by atoms with Gasteiger partial charge in [0.2, 0.25) is 0 Å². The molecule has 1 heterocycles. The summed E-state index contributed by atoms with van der Waals surface area (Å²) in [6, 6.07) is 9.06. The quantitative estimate of drug-likeness (QED) is 0.891. The average Bonchev–Trinajstić information content (AvgIpc) is 2.75. The summed E-state index contributed by atoms with van der Waals surface area (Å²) >= 11 is 5.09. The average molecular weight is 360 g/mol. The van der Waals surface area contributed by atoms with Crippen LogP contribution in [-0.4, -0.2) is 14.7 Å². The highest BCUT2D eigenvalue weighted by molar-refractivity contribution is 9.11. The second-order valence-electron chi connectivity index (χ2n) is 4.28. The number of thiophene rings is 1. The van der Waals surface area contributed by atoms with E-state index in [-0.39, 0.29) is 0 Å². The van der Waals surface area contributed by atoms with Crippen molar-refractivity contribution >= 4 is 37.1 Å². The Bertz CT molecular complexity index is 648. The molecular formula is C13H14BrNO2S2. The summed E-state index contributed by atoms with van der Waals surface area (Å²) in [5.74, 6) is 0. The Morgan fingerprint density at radius 1 is 1.16 bits per heavy atom. The van der Waals surface area contributed by atoms with E-state index in [1.54, 1.807) is 23.5 Å². The molecule has 0 atom stereocenters. The molecule has 0 radical (unpaired) electrons. The lowest BCUT2D eigenvalue weighted by atomic mass is 10.2. The molecule has 0 unspecified atom stereocenters. The van der Waals surface area contributed by atoms with Crippen molar-refractivity contribution < 1.29 is 8.42 Å². The molecule has 2 rings (SSSR count). The largest absolute Gasteiger partial charge is 0.309 e. The third-order valence-corrected chi connectivity index (χ3v) is 5.31. The SMILES string of the molecule is CS(=O)(=O)c1ccc(CNCc2csc(Br)c2)cc1. The van der Waals surface area contributed by atoms with Crippen molar-refractivity contribution in [3.8, 4) is 0 Å². The number of hydrogen-bond donors (Lipinski definition) is 1. The predicted octanol–water partition coefficient (Wildman–Crippen LogP) is 3.20. The minimum Gasteiger partial charge on any atom is -0.309 e. The van der Waals surface area contributed by atoms with Crippen LogP contribution < -0.4 is 5.32 Å². The first kappa shape index (κ1) is 14.7. The van der Waals surface area contributed by atoms with Gasteiger partial charge >= 0.3 is 0 Å². The number of sulfone groups is 1. The lowest BCUT2D eigenvalue weighted by molar-refractivity contribution is 0.602. The molecule has 0 aliphatic heterocycles. The molecule has 0 bridgehead atoms. The number of benzene rings is 1. The minimum atomic E-state index is -3.10. The van der Waals surface area contributed by atoms with E-state index in [2.05, 4.69) is 32.7 Å². The van der Waals surface area contributed by atoms with Gasteiger partial charge in [0.15, 0.2) is 9.84 Å². The molecular weight excluding hydrogens is 346 g/mol. The monoisotopic (exact) mass is 359 g/mol. The van der Waals surface area contributed by atoms with Gasteiger partial charge in [0.05, 0.1) is 8.68 Å². The van der Waals surface area contributed by atoms with Gasteiger partial charge in [-0.1, -0.05) is 12.1 Å². The van der Waals surface area contributed by atoms with Crippen LogP contribution >= 0.6 is 27.3 Å². The van der Waals surface area contributed by atoms with Gasteiger partial charge < -0.3 is 5.32 Å². The summed E-state index contributed by atoms with van der Waals surface area (Å²) in [7, 11) is -3.10. The zero-order valence-electron chi connectivity index (χ0n) is 10.4. The Kier molecular flexibility index (Phi) is 4.78. The van der Waals surface area contributed by atoms with Crippen molar-refractivity contribution in [1.82, 2.24) is 5.32 Å². The molecule has 102 valence electrons. The molecule has 1 aromatic heterocycles. The Hall–Kier alpha value is -0.690. The Morgan fingerprint density at radius 3 is 2.32 bits per heavy atom. The van der Waals surface area contributed by atoms with Gasteiger partial charge in [0, 0.05) is 19.3 Å². The van der Waals surface area contributed by atoms with Crippen molar-refractivity contribution in [2.75, 3.05) is 6.26 Å². The van der Waals surface area contributed by atoms with Crippen molar-refractivity contribution in [2.24, 2.45) is 0 Å². The summed E-state index contributed by atoms with van der Waals surface area (Å²) in [5.41, 5.74) is 2.31. The first-order valence-corrected chi connectivity index (χ1v) is 9.24. The molecule has 0 saturated carbocycles. The van der Waals surface area contributed by atoms with Crippen LogP contribution in [0, 0.1) is 0 Å². The predicted molar refractivity (Wildman–Crippen MR) is 82.1 cm³/mol. The van der Waals surface area contributed by atoms with E-state index in [0.29, 0.717) is 4.90 Å². The highest BCUT2D eigenvalue weighted by Crippen LogP contribution is 2.20. The van der Waals surface area contributed by atoms with E-state index >= 15 is 0 Å². The van der Waals surface area contributed by atoms with Crippen molar-refractivity contribution in [3.05, 3.63) is 50.6 Å². The van der Waals surface area contributed by atoms with Gasteiger partial charge in [-0.05, 0) is 50.6 Å². The first-order chi connectivity index (χ1) is 8.95. The van der Waals surface area contributed by atoms with E-state index in [0.717, 1.165) is 22.4 Å². The second kappa shape index (κ2) is 6.17. The smallest absolute Gasteiger partial charge is 0.175 e. The molecule has 3 nitrogen and oxygen atoms in total. The standard InChI is InChI=1S/C13H14BrNO2S2/c1-19(16,17)12-4-2-10(3-5-12)7-15-8-11-6-13(14)18-9-11/h2-6,9,15H,7-8H2,1H3. The summed E-state index contributed by atoms with van der Waals surface area (Å²) in [4.78, 5) is 0.359. The molecule has 0 spiro atoms. The molecule has 1 N–H and O–H groups in total. The fraction of sp³-hybridized carbons (Fsp3) is 0.231. The third-order valence-electron chi connectivity index (χ3n) is 2.63. The third kappa shape index (κ3) is 4.42. The Labute approximate surface area is 125 Å². The van der Waals surface area contributed by atoms with Gasteiger partial charge in [-0.3, -0.25) is 0 Å². The van der Waals surface area contributed by atoms with E-state index < -0.39 is 9.84 Å². The van der Waals surface area contributed by atoms with Crippen molar-refractivity contribution in [2.45, 2.75) is 18.0 Å². The molecule has 0 fully saturated rings. The maximum absolute atomic E-state index is 11.3. The van der Waals surface area contributed by atoms with Crippen LogP contribution in [-0.2, 0) is 22.9 Å². The summed E-state index contributed by atoms with van der Waals surface area (Å²) in [6.07, 6.45) is 1.22. The number of hydrogen-bond acceptors (Lipinski definition) is 4. The van der Waals surface area contributed by atoms with Crippen LogP contribution in [0.15, 0.2) is 44.4 Å². The molecule has 2 aromatic rings. The van der Waals surface area contributed by atoms with Crippen LogP contribution in [0.4, 0.5) is 0 Å². The van der Waals surface area contributed by atoms with Crippen LogP contribution in [0.1, 0.15) is 11.1 Å². The normalized spacial score (nSPS) is 11.7. The number of nitrogens with one attached hydrogen (secondary N) is 1. The first-order valence-electron chi connectivity index (χ1n) is 5.68. The molecule has 1 aromatic carbocycles. The van der Waals surface area contributed by atoms with Gasteiger partial charge in [0.1, 0.15) is 0 Å². The lowest BCUT2D eigenvalue weighted by Crippen LogP contribution is -2.12. The molecule has 6 heteroatoms. The van der Waals surface area contributed by atoms with Crippen LogP contribution in [0.25, 0.3) is 0 Å². The summed E-state index contributed by atoms with van der Waals surface area (Å²) < 4.78 is 23.8. The van der Waals surface area contributed by atoms with Gasteiger partial charge in [-0.2, -0.15) is 0 Å². The zero-order chi connectivity index (χ0) is 13.9. The Morgan fingerprint density at radius 2 is 1.79 bits per heavy atom. The van der Waals surface area contributed by atoms with Crippen molar-refractivity contribution in [3.63, 3.8) is 0 Å². The van der Waals surface area contributed by atoms with Gasteiger partial charge in [0.25, 0.3) is 0 Å². The summed E-state index contributed by atoms with van der Waals surface area (Å²) in [5, 5.41) is 5.43. The molecule has 0 amide bonds. The van der Waals surface area contributed by atoms with E-state index in [1.165, 1.54) is 11.8 Å². The zero-order valence-corrected chi connectivity index (χ0v) is 13.6. The molecule has 19 heavy (non-hydrogen) atoms. The number of rotatable bonds is 5. The van der Waals surface area contributed by atoms with E-state index in [4.69, 9.17) is 0 Å². The maximum Gasteiger partial charge on any atom is 0.175 e. The lowest BCUT2D eigenvalue weighted by Gasteiger charge is -2.04. The number of halogens is 1. The second-order valence-corrected chi connectivity index (χ2v) is 8.58. The van der Waals surface area contributed by atoms with E-state index in [1.807, 2.05) is 12.1 Å². The molecule has 0 aliphatic rings. The summed E-state index contributed by atoms with van der Waals surface area (Å²) in [6.45, 7) is 1.52. The maximum atomic E-state index is 11.3. The Balaban J connectivity index is 1.90. The molecule has 0 saturated heterocycles. The van der Waals surface area contributed by atoms with Crippen LogP contribution in [0.3, 0.4) is 0 Å². The highest BCUT2D eigenvalue weighted by Gasteiger charge is 2.05. The molecule has 0 aliphatic carbocycles. The highest BCUT2D eigenvalue weighted by atomic mass is 79.9. The van der Waals surface area contributed by atoms with Crippen LogP contribution in [0.5, 0.6) is 0 Å². The minimum absolute atomic E-state index is 0.359. The van der Waals surface area contributed by atoms with Gasteiger partial charge in [-0.15, -0.1) is 11.3 Å². The topological polar surface area (TPSA) is 46.2 Å². The fourth-order valence-electron chi connectivity index (χ4n) is 1.64. The van der Waals surface area contributed by atoms with E-state index in [9.17, 15) is 8.42 Å². The van der Waals surface area contributed by atoms with Crippen LogP contribution in [0.2, 0.25) is 0 Å². The van der Waals surface area contributed by atoms with Crippen molar-refractivity contribution in [1.29, 1.82) is 0 Å². The fourth-order valence-corrected chi connectivity index (χ4v) is 3.48. The van der Waals surface area contributed by atoms with Gasteiger partial charge in [-0.25, -0.2) is 8.42 Å².